The molecule has 2 saturated heterocycles. The first-order chi connectivity index (χ1) is 18.4. The zero-order valence-electron chi connectivity index (χ0n) is 20.7. The van der Waals surface area contributed by atoms with Gasteiger partial charge in [-0.15, -0.1) is 0 Å². The van der Waals surface area contributed by atoms with E-state index >= 15 is 8.78 Å². The number of aromatic nitrogens is 2. The summed E-state index contributed by atoms with van der Waals surface area (Å²) >= 11 is 0. The molecule has 0 spiro atoms. The zero-order chi connectivity index (χ0) is 26.4. The summed E-state index contributed by atoms with van der Waals surface area (Å²) in [5.74, 6) is -3.24. The molecule has 1 unspecified atom stereocenters. The number of halogens is 2. The van der Waals surface area contributed by atoms with Crippen LogP contribution >= 0.6 is 0 Å². The van der Waals surface area contributed by atoms with Crippen LogP contribution in [0.4, 0.5) is 8.78 Å². The largest absolute Gasteiger partial charge is 0.322 e. The van der Waals surface area contributed by atoms with Crippen LogP contribution in [0.2, 0.25) is 0 Å². The van der Waals surface area contributed by atoms with E-state index in [-0.39, 0.29) is 42.0 Å². The quantitative estimate of drug-likeness (QED) is 0.523. The Balaban J connectivity index is 1.13. The summed E-state index contributed by atoms with van der Waals surface area (Å²) < 4.78 is 32.8. The molecule has 2 aromatic carbocycles. The van der Waals surface area contributed by atoms with Crippen LogP contribution in [-0.2, 0) is 22.7 Å². The lowest BCUT2D eigenvalue weighted by atomic mass is 9.86. The summed E-state index contributed by atoms with van der Waals surface area (Å²) in [5.41, 5.74) is 2.32. The first kappa shape index (κ1) is 24.4. The van der Waals surface area contributed by atoms with Gasteiger partial charge >= 0.3 is 0 Å². The Labute approximate surface area is 218 Å². The number of carbonyl (C=O) groups is 3. The summed E-state index contributed by atoms with van der Waals surface area (Å²) in [7, 11) is 0. The van der Waals surface area contributed by atoms with Crippen molar-refractivity contribution in [2.24, 2.45) is 0 Å². The number of fused-ring (bicyclic) bond motifs is 1. The Hall–Kier alpha value is -3.92. The van der Waals surface area contributed by atoms with E-state index in [1.54, 1.807) is 12.5 Å². The summed E-state index contributed by atoms with van der Waals surface area (Å²) in [6.45, 7) is 2.05. The highest BCUT2D eigenvalue weighted by Gasteiger charge is 2.42. The van der Waals surface area contributed by atoms with Gasteiger partial charge in [-0.2, -0.15) is 0 Å². The maximum Gasteiger partial charge on any atom is 0.255 e. The van der Waals surface area contributed by atoms with Crippen molar-refractivity contribution in [1.29, 1.82) is 0 Å². The molecule has 1 aromatic heterocycles. The number of hydrogen-bond donors (Lipinski definition) is 1. The smallest absolute Gasteiger partial charge is 0.255 e. The molecule has 0 radical (unpaired) electrons. The number of hydrogen-bond acceptors (Lipinski definition) is 5. The third-order valence-electron chi connectivity index (χ3n) is 7.90. The summed E-state index contributed by atoms with van der Waals surface area (Å²) in [5, 5.41) is 2.23. The van der Waals surface area contributed by atoms with E-state index in [0.29, 0.717) is 25.9 Å². The lowest BCUT2D eigenvalue weighted by Gasteiger charge is -2.32. The molecular formula is C28H27F2N5O3. The van der Waals surface area contributed by atoms with Crippen molar-refractivity contribution in [2.75, 3.05) is 13.1 Å². The number of likely N-dealkylation sites (tertiary alicyclic amines) is 1. The van der Waals surface area contributed by atoms with Crippen molar-refractivity contribution >= 4 is 17.7 Å². The molecule has 3 amide bonds. The molecule has 38 heavy (non-hydrogen) atoms. The van der Waals surface area contributed by atoms with Gasteiger partial charge in [-0.25, -0.2) is 13.8 Å². The van der Waals surface area contributed by atoms with E-state index < -0.39 is 35.4 Å². The number of imide groups is 1. The number of piperidine rings is 2. The van der Waals surface area contributed by atoms with Gasteiger partial charge in [0.2, 0.25) is 11.8 Å². The minimum absolute atomic E-state index is 0.0333. The molecule has 0 bridgehead atoms. The molecule has 0 saturated carbocycles. The third-order valence-corrected chi connectivity index (χ3v) is 7.90. The van der Waals surface area contributed by atoms with Gasteiger partial charge in [-0.05, 0) is 62.0 Å². The van der Waals surface area contributed by atoms with E-state index in [4.69, 9.17) is 0 Å². The molecule has 6 rings (SSSR count). The molecule has 1 atom stereocenters. The van der Waals surface area contributed by atoms with E-state index in [9.17, 15) is 14.4 Å². The number of imidazole rings is 1. The number of carbonyl (C=O) groups excluding carboxylic acids is 3. The van der Waals surface area contributed by atoms with Gasteiger partial charge in [-0.1, -0.05) is 12.1 Å². The Kier molecular flexibility index (Phi) is 6.27. The first-order valence-corrected chi connectivity index (χ1v) is 12.8. The minimum Gasteiger partial charge on any atom is -0.322 e. The number of nitrogens with one attached hydrogen (secondary N) is 1. The molecule has 10 heteroatoms. The topological polar surface area (TPSA) is 87.5 Å². The standard InChI is InChI=1S/C28H27F2N5O3/c29-22-13-20-21(15-35(28(20)38)23-5-6-24(36)32-27(23)37)26(30)25(22)18-7-10-33(11-8-18)14-17-1-3-19(4-2-17)34-12-9-31-16-34/h1-4,9,12-13,16,18,23H,5-8,10-11,14-15H2,(H,32,36,37). The third kappa shape index (κ3) is 4.38. The average molecular weight is 520 g/mol. The van der Waals surface area contributed by atoms with Gasteiger partial charge in [0.05, 0.1) is 18.4 Å². The second-order valence-electron chi connectivity index (χ2n) is 10.2. The Morgan fingerprint density at radius 2 is 1.79 bits per heavy atom. The van der Waals surface area contributed by atoms with E-state index in [1.165, 1.54) is 4.90 Å². The molecule has 2 fully saturated rings. The van der Waals surface area contributed by atoms with Crippen LogP contribution < -0.4 is 5.32 Å². The van der Waals surface area contributed by atoms with Crippen molar-refractivity contribution in [3.63, 3.8) is 0 Å². The molecule has 3 aliphatic rings. The molecule has 3 aromatic rings. The molecule has 4 heterocycles. The Bertz CT molecular complexity index is 1400. The number of amides is 3. The van der Waals surface area contributed by atoms with Gasteiger partial charge in [0.15, 0.2) is 0 Å². The van der Waals surface area contributed by atoms with Crippen LogP contribution in [0.1, 0.15) is 58.6 Å². The lowest BCUT2D eigenvalue weighted by molar-refractivity contribution is -0.136. The maximum atomic E-state index is 15.7. The number of benzene rings is 2. The van der Waals surface area contributed by atoms with Gasteiger partial charge < -0.3 is 9.47 Å². The molecule has 8 nitrogen and oxygen atoms in total. The van der Waals surface area contributed by atoms with Crippen LogP contribution in [0.5, 0.6) is 0 Å². The van der Waals surface area contributed by atoms with Crippen molar-refractivity contribution in [3.8, 4) is 5.69 Å². The Morgan fingerprint density at radius 1 is 1.03 bits per heavy atom. The van der Waals surface area contributed by atoms with Crippen molar-refractivity contribution in [1.82, 2.24) is 24.7 Å². The highest BCUT2D eigenvalue weighted by Crippen LogP contribution is 2.38. The predicted octanol–water partition coefficient (Wildman–Crippen LogP) is 3.29. The van der Waals surface area contributed by atoms with Gasteiger partial charge in [0.1, 0.15) is 17.7 Å². The second-order valence-corrected chi connectivity index (χ2v) is 10.2. The number of nitrogens with zero attached hydrogens (tertiary/aromatic N) is 4. The van der Waals surface area contributed by atoms with Crippen LogP contribution in [0, 0.1) is 11.6 Å². The first-order valence-electron chi connectivity index (χ1n) is 12.8. The molecule has 3 aliphatic heterocycles. The molecule has 0 aliphatic carbocycles. The fraction of sp³-hybridized carbons (Fsp3) is 0.357. The Morgan fingerprint density at radius 3 is 2.47 bits per heavy atom. The van der Waals surface area contributed by atoms with Gasteiger partial charge in [-0.3, -0.25) is 24.6 Å². The molecular weight excluding hydrogens is 492 g/mol. The molecule has 1 N–H and O–H groups in total. The highest BCUT2D eigenvalue weighted by molar-refractivity contribution is 6.05. The minimum atomic E-state index is -0.865. The number of rotatable bonds is 5. The van der Waals surface area contributed by atoms with E-state index in [1.807, 2.05) is 22.9 Å². The van der Waals surface area contributed by atoms with E-state index in [2.05, 4.69) is 27.3 Å². The van der Waals surface area contributed by atoms with Crippen molar-refractivity contribution in [3.05, 3.63) is 82.9 Å². The van der Waals surface area contributed by atoms with Crippen LogP contribution in [0.3, 0.4) is 0 Å². The molecule has 196 valence electrons. The monoisotopic (exact) mass is 519 g/mol. The fourth-order valence-electron chi connectivity index (χ4n) is 5.85. The maximum absolute atomic E-state index is 15.7. The van der Waals surface area contributed by atoms with Gasteiger partial charge in [0, 0.05) is 42.2 Å². The summed E-state index contributed by atoms with van der Waals surface area (Å²) in [4.78, 5) is 44.3. The van der Waals surface area contributed by atoms with Crippen molar-refractivity contribution in [2.45, 2.75) is 50.7 Å². The lowest BCUT2D eigenvalue weighted by Crippen LogP contribution is -2.52. The predicted molar refractivity (Wildman–Crippen MR) is 133 cm³/mol. The van der Waals surface area contributed by atoms with Crippen molar-refractivity contribution < 1.29 is 23.2 Å². The second kappa shape index (κ2) is 9.75. The average Bonchev–Trinajstić information content (AvgIpc) is 3.55. The van der Waals surface area contributed by atoms with Crippen LogP contribution in [0.15, 0.2) is 49.1 Å². The normalized spacial score (nSPS) is 20.6. The fourth-order valence-corrected chi connectivity index (χ4v) is 5.85. The summed E-state index contributed by atoms with van der Waals surface area (Å²) in [6, 6.07) is 8.49. The van der Waals surface area contributed by atoms with Crippen LogP contribution in [-0.4, -0.2) is 56.2 Å². The summed E-state index contributed by atoms with van der Waals surface area (Å²) in [6.07, 6.45) is 6.85. The van der Waals surface area contributed by atoms with Gasteiger partial charge in [0.25, 0.3) is 5.91 Å². The SMILES string of the molecule is O=C1CCC(N2Cc3c(cc(F)c(C4CCN(Cc5ccc(-n6ccnc6)cc5)CC4)c3F)C2=O)C(=O)N1. The highest BCUT2D eigenvalue weighted by atomic mass is 19.1. The van der Waals surface area contributed by atoms with Crippen LogP contribution in [0.25, 0.3) is 5.69 Å². The zero-order valence-corrected chi connectivity index (χ0v) is 20.7. The van der Waals surface area contributed by atoms with E-state index in [0.717, 1.165) is 23.9 Å².